The third-order valence-electron chi connectivity index (χ3n) is 1.29. The van der Waals surface area contributed by atoms with E-state index in [-0.39, 0.29) is 18.7 Å². The average Bonchev–Trinajstić information content (AvgIpc) is 2.05. The predicted octanol–water partition coefficient (Wildman–Crippen LogP) is 1.70. The topological polar surface area (TPSA) is 35.5 Å². The zero-order valence-corrected chi connectivity index (χ0v) is 8.32. The number of esters is 1. The van der Waals surface area contributed by atoms with Crippen LogP contribution in [0.4, 0.5) is 0 Å². The van der Waals surface area contributed by atoms with E-state index in [0.717, 1.165) is 0 Å². The van der Waals surface area contributed by atoms with E-state index in [1.165, 1.54) is 7.11 Å². The Hall–Kier alpha value is -1.09. The number of methoxy groups -OCH3 is 1. The van der Waals surface area contributed by atoms with Gasteiger partial charge in [0.1, 0.15) is 12.7 Å². The lowest BCUT2D eigenvalue weighted by Crippen LogP contribution is -2.17. The van der Waals surface area contributed by atoms with Gasteiger partial charge in [-0.15, -0.1) is 0 Å². The summed E-state index contributed by atoms with van der Waals surface area (Å²) in [7, 11) is 1.46. The molecule has 0 aromatic rings. The van der Waals surface area contributed by atoms with E-state index in [4.69, 9.17) is 4.74 Å². The summed E-state index contributed by atoms with van der Waals surface area (Å²) in [4.78, 5) is 11.0. The van der Waals surface area contributed by atoms with Crippen LogP contribution in [0.1, 0.15) is 13.8 Å². The van der Waals surface area contributed by atoms with Crippen molar-refractivity contribution in [2.24, 2.45) is 0 Å². The van der Waals surface area contributed by atoms with E-state index >= 15 is 0 Å². The minimum atomic E-state index is -0.358. The maximum absolute atomic E-state index is 11.0. The van der Waals surface area contributed by atoms with Gasteiger partial charge in [-0.3, -0.25) is 0 Å². The zero-order chi connectivity index (χ0) is 10.1. The van der Waals surface area contributed by atoms with Gasteiger partial charge in [0, 0.05) is 7.11 Å². The Kier molecular flexibility index (Phi) is 6.92. The molecule has 0 saturated heterocycles. The highest BCUT2D eigenvalue weighted by Gasteiger charge is 2.06. The van der Waals surface area contributed by atoms with Gasteiger partial charge in [0.2, 0.25) is 0 Å². The van der Waals surface area contributed by atoms with Gasteiger partial charge in [-0.25, -0.2) is 4.79 Å². The zero-order valence-electron chi connectivity index (χ0n) is 8.32. The molecule has 0 aromatic carbocycles. The number of carbonyl (C=O) groups excluding carboxylic acids is 1. The molecule has 0 fully saturated rings. The molecule has 0 radical (unpaired) electrons. The van der Waals surface area contributed by atoms with Crippen LogP contribution in [-0.2, 0) is 14.3 Å². The highest BCUT2D eigenvalue weighted by molar-refractivity contribution is 5.71. The van der Waals surface area contributed by atoms with E-state index in [2.05, 4.69) is 4.74 Å². The van der Waals surface area contributed by atoms with E-state index in [1.807, 2.05) is 26.0 Å². The smallest absolute Gasteiger partial charge is 0.332 e. The summed E-state index contributed by atoms with van der Waals surface area (Å²) in [6.45, 7) is 3.74. The monoisotopic (exact) mass is 184 g/mol. The lowest BCUT2D eigenvalue weighted by molar-refractivity contribution is -0.149. The minimum absolute atomic E-state index is 0.00832. The first-order valence-corrected chi connectivity index (χ1v) is 4.18. The van der Waals surface area contributed by atoms with Gasteiger partial charge in [0.15, 0.2) is 0 Å². The summed E-state index contributed by atoms with van der Waals surface area (Å²) in [6, 6.07) is 0. The normalized spacial score (nSPS) is 13.8. The third-order valence-corrected chi connectivity index (χ3v) is 1.29. The Balaban J connectivity index is 4.01. The number of hydrogen-bond donors (Lipinski definition) is 0. The standard InChI is InChI=1S/C10H16O3/c1-4-6-9(7-5-2)13-10(11)8-12-3/h4-7,9H,8H2,1-3H3/b6-4-,7-5+. The van der Waals surface area contributed by atoms with Gasteiger partial charge in [-0.2, -0.15) is 0 Å². The molecule has 3 nitrogen and oxygen atoms in total. The maximum Gasteiger partial charge on any atom is 0.332 e. The molecular weight excluding hydrogens is 168 g/mol. The number of ether oxygens (including phenoxy) is 2. The Morgan fingerprint density at radius 3 is 2.23 bits per heavy atom. The van der Waals surface area contributed by atoms with E-state index in [1.54, 1.807) is 12.2 Å². The minimum Gasteiger partial charge on any atom is -0.452 e. The molecule has 0 N–H and O–H groups in total. The van der Waals surface area contributed by atoms with Gasteiger partial charge >= 0.3 is 5.97 Å². The fourth-order valence-electron chi connectivity index (χ4n) is 0.826. The molecule has 0 saturated carbocycles. The first-order chi connectivity index (χ1) is 6.24. The van der Waals surface area contributed by atoms with Crippen molar-refractivity contribution >= 4 is 5.97 Å². The van der Waals surface area contributed by atoms with Crippen LogP contribution in [0.5, 0.6) is 0 Å². The summed E-state index contributed by atoms with van der Waals surface area (Å²) < 4.78 is 9.67. The van der Waals surface area contributed by atoms with Crippen LogP contribution in [0.25, 0.3) is 0 Å². The second-order valence-electron chi connectivity index (χ2n) is 2.44. The van der Waals surface area contributed by atoms with E-state index < -0.39 is 0 Å². The van der Waals surface area contributed by atoms with Gasteiger partial charge in [0.05, 0.1) is 0 Å². The van der Waals surface area contributed by atoms with Gasteiger partial charge in [-0.1, -0.05) is 12.2 Å². The summed E-state index contributed by atoms with van der Waals surface area (Å²) in [5, 5.41) is 0. The average molecular weight is 184 g/mol. The molecule has 0 aromatic heterocycles. The van der Waals surface area contributed by atoms with Crippen LogP contribution in [0.15, 0.2) is 24.3 Å². The van der Waals surface area contributed by atoms with Crippen LogP contribution in [0.3, 0.4) is 0 Å². The molecule has 1 unspecified atom stereocenters. The Morgan fingerprint density at radius 2 is 1.85 bits per heavy atom. The first kappa shape index (κ1) is 11.9. The van der Waals surface area contributed by atoms with Crippen molar-refractivity contribution in [2.75, 3.05) is 13.7 Å². The summed E-state index contributed by atoms with van der Waals surface area (Å²) >= 11 is 0. The van der Waals surface area contributed by atoms with E-state index in [0.29, 0.717) is 0 Å². The van der Waals surface area contributed by atoms with Crippen molar-refractivity contribution < 1.29 is 14.3 Å². The molecule has 0 heterocycles. The molecule has 0 rings (SSSR count). The third kappa shape index (κ3) is 6.11. The molecule has 0 aliphatic carbocycles. The summed E-state index contributed by atoms with van der Waals surface area (Å²) in [5.74, 6) is -0.358. The molecule has 3 heteroatoms. The second kappa shape index (κ2) is 7.55. The largest absolute Gasteiger partial charge is 0.452 e. The van der Waals surface area contributed by atoms with Crippen LogP contribution < -0.4 is 0 Å². The summed E-state index contributed by atoms with van der Waals surface area (Å²) in [5.41, 5.74) is 0. The molecule has 0 amide bonds. The molecule has 0 aliphatic rings. The highest BCUT2D eigenvalue weighted by atomic mass is 16.6. The number of hydrogen-bond acceptors (Lipinski definition) is 3. The highest BCUT2D eigenvalue weighted by Crippen LogP contribution is 1.98. The molecule has 0 aliphatic heterocycles. The van der Waals surface area contributed by atoms with Crippen LogP contribution >= 0.6 is 0 Å². The quantitative estimate of drug-likeness (QED) is 0.482. The van der Waals surface area contributed by atoms with Gasteiger partial charge in [0.25, 0.3) is 0 Å². The Labute approximate surface area is 79.0 Å². The SMILES string of the molecule is C/C=C\C(/C=C/C)OC(=O)COC. The molecule has 13 heavy (non-hydrogen) atoms. The molecule has 74 valence electrons. The maximum atomic E-state index is 11.0. The van der Waals surface area contributed by atoms with Crippen molar-refractivity contribution in [1.82, 2.24) is 0 Å². The van der Waals surface area contributed by atoms with Crippen LogP contribution in [0.2, 0.25) is 0 Å². The fourth-order valence-corrected chi connectivity index (χ4v) is 0.826. The van der Waals surface area contributed by atoms with Crippen molar-refractivity contribution in [3.05, 3.63) is 24.3 Å². The molecule has 0 spiro atoms. The number of carbonyl (C=O) groups is 1. The van der Waals surface area contributed by atoms with Gasteiger partial charge in [-0.05, 0) is 26.0 Å². The molecular formula is C10H16O3. The fraction of sp³-hybridized carbons (Fsp3) is 0.500. The first-order valence-electron chi connectivity index (χ1n) is 4.18. The molecule has 0 bridgehead atoms. The van der Waals surface area contributed by atoms with Crippen molar-refractivity contribution in [3.63, 3.8) is 0 Å². The van der Waals surface area contributed by atoms with Crippen molar-refractivity contribution in [3.8, 4) is 0 Å². The van der Waals surface area contributed by atoms with Gasteiger partial charge < -0.3 is 9.47 Å². The predicted molar refractivity (Wildman–Crippen MR) is 51.4 cm³/mol. The van der Waals surface area contributed by atoms with Crippen molar-refractivity contribution in [1.29, 1.82) is 0 Å². The lowest BCUT2D eigenvalue weighted by atomic mass is 10.3. The second-order valence-corrected chi connectivity index (χ2v) is 2.44. The Morgan fingerprint density at radius 1 is 1.31 bits per heavy atom. The van der Waals surface area contributed by atoms with Crippen LogP contribution in [0, 0.1) is 0 Å². The Bertz CT molecular complexity index is 182. The van der Waals surface area contributed by atoms with E-state index in [9.17, 15) is 4.79 Å². The lowest BCUT2D eigenvalue weighted by Gasteiger charge is -2.09. The van der Waals surface area contributed by atoms with Crippen LogP contribution in [-0.4, -0.2) is 25.8 Å². The summed E-state index contributed by atoms with van der Waals surface area (Å²) in [6.07, 6.45) is 6.99. The van der Waals surface area contributed by atoms with Crippen molar-refractivity contribution in [2.45, 2.75) is 20.0 Å². The molecule has 1 atom stereocenters. The number of rotatable bonds is 5. The number of allylic oxidation sites excluding steroid dienone is 2.